The number of carbonyl (C=O) groups excluding carboxylic acids is 1. The summed E-state index contributed by atoms with van der Waals surface area (Å²) < 4.78 is 13.2. The summed E-state index contributed by atoms with van der Waals surface area (Å²) in [6, 6.07) is 15.8. The standard InChI is InChI=1S/C21H20ClFN4O/c22-18-11-15(23)8-9-17(18)21(28)24-16-7-4-10-27(13-16)20-12-19(25-26-20)14-5-2-1-3-6-14/h1-3,5-6,8-9,11-12,16H,4,7,10,13H2,(H,24,28)(H,25,26). The quantitative estimate of drug-likeness (QED) is 0.690. The van der Waals surface area contributed by atoms with E-state index in [-0.39, 0.29) is 22.5 Å². The van der Waals surface area contributed by atoms with Crippen molar-refractivity contribution < 1.29 is 9.18 Å². The Hall–Kier alpha value is -2.86. The largest absolute Gasteiger partial charge is 0.353 e. The Morgan fingerprint density at radius 3 is 2.82 bits per heavy atom. The molecule has 144 valence electrons. The van der Waals surface area contributed by atoms with Crippen LogP contribution in [0.3, 0.4) is 0 Å². The molecule has 1 unspecified atom stereocenters. The number of hydrogen-bond acceptors (Lipinski definition) is 3. The lowest BCUT2D eigenvalue weighted by Crippen LogP contribution is -2.48. The molecule has 0 aliphatic carbocycles. The maximum Gasteiger partial charge on any atom is 0.253 e. The van der Waals surface area contributed by atoms with Gasteiger partial charge in [0, 0.05) is 25.2 Å². The highest BCUT2D eigenvalue weighted by molar-refractivity contribution is 6.33. The fourth-order valence-electron chi connectivity index (χ4n) is 3.48. The predicted molar refractivity (Wildman–Crippen MR) is 108 cm³/mol. The average molecular weight is 399 g/mol. The second-order valence-corrected chi connectivity index (χ2v) is 7.30. The van der Waals surface area contributed by atoms with Crippen molar-refractivity contribution in [3.05, 3.63) is 71.0 Å². The van der Waals surface area contributed by atoms with Crippen molar-refractivity contribution in [3.63, 3.8) is 0 Å². The maximum atomic E-state index is 13.2. The van der Waals surface area contributed by atoms with Crippen LogP contribution >= 0.6 is 11.6 Å². The van der Waals surface area contributed by atoms with Crippen molar-refractivity contribution in [1.82, 2.24) is 15.5 Å². The highest BCUT2D eigenvalue weighted by Crippen LogP contribution is 2.24. The molecular weight excluding hydrogens is 379 g/mol. The Morgan fingerprint density at radius 1 is 1.21 bits per heavy atom. The second-order valence-electron chi connectivity index (χ2n) is 6.89. The number of aromatic nitrogens is 2. The van der Waals surface area contributed by atoms with Gasteiger partial charge in [0.15, 0.2) is 5.82 Å². The Bertz CT molecular complexity index is 976. The fourth-order valence-corrected chi connectivity index (χ4v) is 3.73. The fraction of sp³-hybridized carbons (Fsp3) is 0.238. The van der Waals surface area contributed by atoms with E-state index in [2.05, 4.69) is 20.4 Å². The molecule has 0 bridgehead atoms. The van der Waals surface area contributed by atoms with Gasteiger partial charge in [-0.15, -0.1) is 0 Å². The van der Waals surface area contributed by atoms with Crippen LogP contribution in [0.4, 0.5) is 10.2 Å². The van der Waals surface area contributed by atoms with Crippen LogP contribution in [0.1, 0.15) is 23.2 Å². The lowest BCUT2D eigenvalue weighted by atomic mass is 10.0. The number of hydrogen-bond donors (Lipinski definition) is 2. The van der Waals surface area contributed by atoms with Crippen molar-refractivity contribution in [2.75, 3.05) is 18.0 Å². The minimum atomic E-state index is -0.460. The van der Waals surface area contributed by atoms with Gasteiger partial charge in [0.05, 0.1) is 16.3 Å². The van der Waals surface area contributed by atoms with E-state index >= 15 is 0 Å². The third kappa shape index (κ3) is 4.02. The summed E-state index contributed by atoms with van der Waals surface area (Å²) in [4.78, 5) is 14.7. The van der Waals surface area contributed by atoms with Gasteiger partial charge in [-0.1, -0.05) is 41.9 Å². The summed E-state index contributed by atoms with van der Waals surface area (Å²) in [5, 5.41) is 10.6. The van der Waals surface area contributed by atoms with E-state index in [0.29, 0.717) is 6.54 Å². The van der Waals surface area contributed by atoms with Crippen LogP contribution in [0, 0.1) is 5.82 Å². The molecule has 5 nitrogen and oxygen atoms in total. The molecule has 1 atom stereocenters. The number of carbonyl (C=O) groups is 1. The molecule has 1 aliphatic heterocycles. The molecule has 2 aromatic carbocycles. The first-order chi connectivity index (χ1) is 13.6. The number of benzene rings is 2. The summed E-state index contributed by atoms with van der Waals surface area (Å²) in [7, 11) is 0. The van der Waals surface area contributed by atoms with E-state index in [9.17, 15) is 9.18 Å². The zero-order valence-corrected chi connectivity index (χ0v) is 15.9. The number of nitrogens with zero attached hydrogens (tertiary/aromatic N) is 2. The molecular formula is C21H20ClFN4O. The van der Waals surface area contributed by atoms with Gasteiger partial charge < -0.3 is 10.2 Å². The van der Waals surface area contributed by atoms with Crippen LogP contribution in [0.5, 0.6) is 0 Å². The number of aromatic amines is 1. The number of halogens is 2. The van der Waals surface area contributed by atoms with Crippen molar-refractivity contribution in [2.45, 2.75) is 18.9 Å². The SMILES string of the molecule is O=C(NC1CCCN(c2cc(-c3ccccc3)[nH]n2)C1)c1ccc(F)cc1Cl. The summed E-state index contributed by atoms with van der Waals surface area (Å²) in [5.41, 5.74) is 2.32. The highest BCUT2D eigenvalue weighted by atomic mass is 35.5. The van der Waals surface area contributed by atoms with Crippen molar-refractivity contribution in [2.24, 2.45) is 0 Å². The van der Waals surface area contributed by atoms with Crippen molar-refractivity contribution in [1.29, 1.82) is 0 Å². The molecule has 0 spiro atoms. The van der Waals surface area contributed by atoms with Gasteiger partial charge in [0.2, 0.25) is 0 Å². The first-order valence-corrected chi connectivity index (χ1v) is 9.59. The second kappa shape index (κ2) is 8.02. The molecule has 0 saturated carbocycles. The average Bonchev–Trinajstić information content (AvgIpc) is 3.19. The van der Waals surface area contributed by atoms with Gasteiger partial charge >= 0.3 is 0 Å². The summed E-state index contributed by atoms with van der Waals surface area (Å²) in [6.07, 6.45) is 1.81. The maximum absolute atomic E-state index is 13.2. The third-order valence-corrected chi connectivity index (χ3v) is 5.22. The topological polar surface area (TPSA) is 61.0 Å². The molecule has 1 aromatic heterocycles. The number of H-pyrrole nitrogens is 1. The van der Waals surface area contributed by atoms with E-state index in [1.54, 1.807) is 0 Å². The lowest BCUT2D eigenvalue weighted by molar-refractivity contribution is 0.0933. The molecule has 2 N–H and O–H groups in total. The molecule has 4 rings (SSSR count). The third-order valence-electron chi connectivity index (χ3n) is 4.91. The Morgan fingerprint density at radius 2 is 2.04 bits per heavy atom. The number of piperidine rings is 1. The summed E-state index contributed by atoms with van der Waals surface area (Å²) in [6.45, 7) is 1.53. The zero-order valence-electron chi connectivity index (χ0n) is 15.2. The number of nitrogens with one attached hydrogen (secondary N) is 2. The van der Waals surface area contributed by atoms with Crippen LogP contribution in [0.15, 0.2) is 54.6 Å². The Kier molecular flexibility index (Phi) is 5.30. The smallest absolute Gasteiger partial charge is 0.253 e. The van der Waals surface area contributed by atoms with Gasteiger partial charge in [-0.25, -0.2) is 4.39 Å². The van der Waals surface area contributed by atoms with Gasteiger partial charge in [-0.05, 0) is 36.6 Å². The molecule has 1 amide bonds. The molecule has 28 heavy (non-hydrogen) atoms. The Balaban J connectivity index is 1.43. The number of anilines is 1. The van der Waals surface area contributed by atoms with E-state index in [4.69, 9.17) is 11.6 Å². The van der Waals surface area contributed by atoms with Crippen LogP contribution in [0.2, 0.25) is 5.02 Å². The summed E-state index contributed by atoms with van der Waals surface area (Å²) in [5.74, 6) is 0.111. The molecule has 7 heteroatoms. The molecule has 2 heterocycles. The first-order valence-electron chi connectivity index (χ1n) is 9.22. The molecule has 1 aliphatic rings. The van der Waals surface area contributed by atoms with Crippen LogP contribution in [-0.2, 0) is 0 Å². The van der Waals surface area contributed by atoms with Crippen LogP contribution < -0.4 is 10.2 Å². The number of rotatable bonds is 4. The first kappa shape index (κ1) is 18.5. The van der Waals surface area contributed by atoms with Crippen molar-refractivity contribution >= 4 is 23.3 Å². The minimum Gasteiger partial charge on any atom is -0.353 e. The summed E-state index contributed by atoms with van der Waals surface area (Å²) >= 11 is 6.00. The highest BCUT2D eigenvalue weighted by Gasteiger charge is 2.24. The van der Waals surface area contributed by atoms with Crippen LogP contribution in [-0.4, -0.2) is 35.2 Å². The van der Waals surface area contributed by atoms with Crippen molar-refractivity contribution in [3.8, 4) is 11.3 Å². The number of amides is 1. The lowest BCUT2D eigenvalue weighted by Gasteiger charge is -2.33. The van der Waals surface area contributed by atoms with Crippen LogP contribution in [0.25, 0.3) is 11.3 Å². The van der Waals surface area contributed by atoms with E-state index in [1.807, 2.05) is 36.4 Å². The van der Waals surface area contributed by atoms with Gasteiger partial charge in [-0.3, -0.25) is 9.89 Å². The molecule has 1 fully saturated rings. The van der Waals surface area contributed by atoms with E-state index < -0.39 is 5.82 Å². The Labute approximate surface area is 167 Å². The normalized spacial score (nSPS) is 16.8. The molecule has 3 aromatic rings. The molecule has 0 radical (unpaired) electrons. The van der Waals surface area contributed by atoms with E-state index in [0.717, 1.165) is 42.5 Å². The monoisotopic (exact) mass is 398 g/mol. The minimum absolute atomic E-state index is 0.0285. The van der Waals surface area contributed by atoms with Gasteiger partial charge in [0.25, 0.3) is 5.91 Å². The van der Waals surface area contributed by atoms with Gasteiger partial charge in [0.1, 0.15) is 5.82 Å². The van der Waals surface area contributed by atoms with E-state index in [1.165, 1.54) is 12.1 Å². The van der Waals surface area contributed by atoms with Gasteiger partial charge in [-0.2, -0.15) is 5.10 Å². The predicted octanol–water partition coefficient (Wildman–Crippen LogP) is 4.27. The molecule has 1 saturated heterocycles. The zero-order chi connectivity index (χ0) is 19.5.